The average Bonchev–Trinajstić information content (AvgIpc) is 3.87. The molecule has 5 rings (SSSR count). The first kappa shape index (κ1) is 40.9. The Bertz CT molecular complexity index is 1300. The standard InChI is InChI=1S/C42H69N2O8/c1-8-34(46)31(5)39-35(50-39)22-28(2)14-13-15-29(3)38-30(4)18-19-36(41(6,49)21-20-33(45)23-37(47)52-38)51-40(48)43-24-42(25-43)26-44(7,27-42)32-16-11-9-10-12-17-32/h13-15,18-19,28,30-36,38-39,45-46,49H,8-12,16-17,20-27H2,1-7H3/q+1/t28-,30+,31-,33-,34+,35-,36+,38-,39-,41-/m1/s1. The second-order valence-electron chi connectivity index (χ2n) is 18.0. The number of hydrogen-bond acceptors (Lipinski definition) is 8. The molecule has 4 heterocycles. The Balaban J connectivity index is 1.20. The Hall–Kier alpha value is -2.24. The van der Waals surface area contributed by atoms with E-state index in [1.54, 1.807) is 17.9 Å². The van der Waals surface area contributed by atoms with E-state index in [-0.39, 0.29) is 60.7 Å². The topological polar surface area (TPSA) is 129 Å². The van der Waals surface area contributed by atoms with Gasteiger partial charge in [0.2, 0.25) is 0 Å². The zero-order chi connectivity index (χ0) is 37.8. The largest absolute Gasteiger partial charge is 0.457 e. The fraction of sp³-hybridized carbons (Fsp3) is 0.810. The molecule has 10 nitrogen and oxygen atoms in total. The van der Waals surface area contributed by atoms with E-state index in [0.717, 1.165) is 42.0 Å². The van der Waals surface area contributed by atoms with Crippen molar-refractivity contribution in [2.24, 2.45) is 23.2 Å². The summed E-state index contributed by atoms with van der Waals surface area (Å²) in [6.07, 6.45) is 16.2. The molecule has 3 saturated heterocycles. The summed E-state index contributed by atoms with van der Waals surface area (Å²) in [6, 6.07) is 0.732. The molecule has 0 aromatic heterocycles. The second kappa shape index (κ2) is 17.1. The SMILES string of the molecule is CC[C@H](O)[C@@H](C)[C@H]1O[C@@H]1C[C@H](C)C=CC=C(C)[C@H]1OC(=O)C[C@H](O)CC[C@@](C)(O)[C@@H](OC(=O)N2CC3(C2)C[N+](C)(C2CCCCCC2)C3)C=C[C@@H]1C. The molecule has 10 heteroatoms. The molecule has 1 aliphatic carbocycles. The summed E-state index contributed by atoms with van der Waals surface area (Å²) < 4.78 is 19.0. The number of carbonyl (C=O) groups excluding carboxylic acids is 2. The molecule has 4 fully saturated rings. The molecule has 0 unspecified atom stereocenters. The molecule has 10 atom stereocenters. The number of aliphatic hydroxyl groups is 3. The molecule has 5 aliphatic rings. The van der Waals surface area contributed by atoms with Crippen molar-refractivity contribution in [3.63, 3.8) is 0 Å². The first-order valence-electron chi connectivity index (χ1n) is 20.3. The number of hydrogen-bond donors (Lipinski definition) is 3. The summed E-state index contributed by atoms with van der Waals surface area (Å²) in [4.78, 5) is 28.2. The van der Waals surface area contributed by atoms with Crippen LogP contribution in [0.4, 0.5) is 4.79 Å². The lowest BCUT2D eigenvalue weighted by molar-refractivity contribution is -0.991. The number of carbonyl (C=O) groups is 2. The third-order valence-corrected chi connectivity index (χ3v) is 13.0. The molecule has 294 valence electrons. The number of cyclic esters (lactones) is 1. The maximum Gasteiger partial charge on any atom is 0.410 e. The maximum absolute atomic E-state index is 13.5. The van der Waals surface area contributed by atoms with Gasteiger partial charge in [-0.25, -0.2) is 4.79 Å². The van der Waals surface area contributed by atoms with Crippen LogP contribution in [-0.4, -0.2) is 118 Å². The van der Waals surface area contributed by atoms with Gasteiger partial charge in [-0.2, -0.15) is 0 Å². The van der Waals surface area contributed by atoms with Gasteiger partial charge in [-0.15, -0.1) is 0 Å². The Morgan fingerprint density at radius 2 is 1.81 bits per heavy atom. The van der Waals surface area contributed by atoms with E-state index in [9.17, 15) is 24.9 Å². The Morgan fingerprint density at radius 3 is 2.46 bits per heavy atom. The predicted molar refractivity (Wildman–Crippen MR) is 201 cm³/mol. The molecule has 4 aliphatic heterocycles. The van der Waals surface area contributed by atoms with Crippen LogP contribution in [0.5, 0.6) is 0 Å². The number of quaternary nitrogens is 1. The van der Waals surface area contributed by atoms with E-state index in [1.807, 2.05) is 45.9 Å². The Labute approximate surface area is 312 Å². The molecule has 3 N–H and O–H groups in total. The molecule has 1 saturated carbocycles. The van der Waals surface area contributed by atoms with Crippen molar-refractivity contribution in [2.45, 2.75) is 160 Å². The van der Waals surface area contributed by atoms with E-state index < -0.39 is 36.0 Å². The van der Waals surface area contributed by atoms with E-state index >= 15 is 0 Å². The van der Waals surface area contributed by atoms with E-state index in [2.05, 4.69) is 20.0 Å². The molecule has 0 bridgehead atoms. The van der Waals surface area contributed by atoms with Gasteiger partial charge in [0.15, 0.2) is 6.10 Å². The van der Waals surface area contributed by atoms with Crippen molar-refractivity contribution in [3.05, 3.63) is 36.0 Å². The number of nitrogens with zero attached hydrogens (tertiary/aromatic N) is 2. The van der Waals surface area contributed by atoms with Crippen LogP contribution in [0.3, 0.4) is 0 Å². The lowest BCUT2D eigenvalue weighted by atomic mass is 9.70. The number of amides is 1. The second-order valence-corrected chi connectivity index (χ2v) is 18.0. The summed E-state index contributed by atoms with van der Waals surface area (Å²) >= 11 is 0. The molecular formula is C42H69N2O8+. The zero-order valence-electron chi connectivity index (χ0n) is 33.0. The highest BCUT2D eigenvalue weighted by molar-refractivity contribution is 5.71. The van der Waals surface area contributed by atoms with Crippen LogP contribution in [0.25, 0.3) is 0 Å². The van der Waals surface area contributed by atoms with Crippen molar-refractivity contribution in [1.29, 1.82) is 0 Å². The van der Waals surface area contributed by atoms with Crippen molar-refractivity contribution < 1.29 is 43.6 Å². The van der Waals surface area contributed by atoms with Gasteiger partial charge in [-0.1, -0.05) is 64.8 Å². The van der Waals surface area contributed by atoms with Crippen molar-refractivity contribution >= 4 is 12.1 Å². The van der Waals surface area contributed by atoms with Crippen LogP contribution in [0, 0.1) is 23.2 Å². The van der Waals surface area contributed by atoms with Gasteiger partial charge >= 0.3 is 12.1 Å². The summed E-state index contributed by atoms with van der Waals surface area (Å²) in [7, 11) is 2.39. The first-order valence-corrected chi connectivity index (χ1v) is 20.3. The smallest absolute Gasteiger partial charge is 0.410 e. The fourth-order valence-corrected chi connectivity index (χ4v) is 9.69. The van der Waals surface area contributed by atoms with Crippen molar-refractivity contribution in [2.75, 3.05) is 33.2 Å². The number of allylic oxidation sites excluding steroid dienone is 3. The highest BCUT2D eigenvalue weighted by Gasteiger charge is 2.63. The number of likely N-dealkylation sites (tertiary alicyclic amines) is 2. The van der Waals surface area contributed by atoms with Gasteiger partial charge in [0.1, 0.15) is 17.1 Å². The summed E-state index contributed by atoms with van der Waals surface area (Å²) in [5, 5.41) is 32.5. The van der Waals surface area contributed by atoms with Crippen LogP contribution in [0.2, 0.25) is 0 Å². The molecule has 1 spiro atoms. The van der Waals surface area contributed by atoms with E-state index in [4.69, 9.17) is 14.2 Å². The number of aliphatic hydroxyl groups excluding tert-OH is 2. The summed E-state index contributed by atoms with van der Waals surface area (Å²) in [5.41, 5.74) is -0.441. The third kappa shape index (κ3) is 10.1. The summed E-state index contributed by atoms with van der Waals surface area (Å²) in [5.74, 6) is -0.424. The predicted octanol–water partition coefficient (Wildman–Crippen LogP) is 6.08. The number of rotatable bonds is 10. The minimum atomic E-state index is -1.44. The highest BCUT2D eigenvalue weighted by atomic mass is 16.6. The van der Waals surface area contributed by atoms with Crippen LogP contribution in [-0.2, 0) is 19.0 Å². The van der Waals surface area contributed by atoms with Gasteiger partial charge in [-0.3, -0.25) is 4.79 Å². The number of esters is 1. The maximum atomic E-state index is 13.5. The summed E-state index contributed by atoms with van der Waals surface area (Å²) in [6.45, 7) is 15.2. The van der Waals surface area contributed by atoms with Crippen LogP contribution in [0.15, 0.2) is 36.0 Å². The van der Waals surface area contributed by atoms with E-state index in [1.165, 1.54) is 38.5 Å². The van der Waals surface area contributed by atoms with E-state index in [0.29, 0.717) is 13.1 Å². The van der Waals surface area contributed by atoms with Gasteiger partial charge < -0.3 is 38.9 Å². The molecule has 0 radical (unpaired) electrons. The first-order chi connectivity index (χ1) is 24.5. The number of epoxide rings is 1. The highest BCUT2D eigenvalue weighted by Crippen LogP contribution is 2.47. The number of ether oxygens (including phenoxy) is 3. The molecular weight excluding hydrogens is 660 g/mol. The molecule has 1 amide bonds. The Kier molecular flexibility index (Phi) is 13.4. The van der Waals surface area contributed by atoms with Gasteiger partial charge in [0.05, 0.1) is 57.0 Å². The van der Waals surface area contributed by atoms with Gasteiger partial charge in [-0.05, 0) is 82.8 Å². The van der Waals surface area contributed by atoms with Crippen LogP contribution >= 0.6 is 0 Å². The average molecular weight is 730 g/mol. The van der Waals surface area contributed by atoms with Gasteiger partial charge in [0.25, 0.3) is 0 Å². The minimum absolute atomic E-state index is 0.0992. The van der Waals surface area contributed by atoms with Crippen LogP contribution < -0.4 is 0 Å². The molecule has 52 heavy (non-hydrogen) atoms. The van der Waals surface area contributed by atoms with Crippen molar-refractivity contribution in [3.8, 4) is 0 Å². The normalized spacial score (nSPS) is 36.0. The minimum Gasteiger partial charge on any atom is -0.457 e. The Morgan fingerprint density at radius 1 is 1.13 bits per heavy atom. The molecule has 0 aromatic carbocycles. The molecule has 0 aromatic rings. The lowest BCUT2D eigenvalue weighted by Crippen LogP contribution is -2.80. The monoisotopic (exact) mass is 730 g/mol. The van der Waals surface area contributed by atoms with Crippen molar-refractivity contribution in [1.82, 2.24) is 4.90 Å². The quantitative estimate of drug-likeness (QED) is 0.0617. The fourth-order valence-electron chi connectivity index (χ4n) is 9.69. The van der Waals surface area contributed by atoms with Gasteiger partial charge in [0, 0.05) is 24.9 Å². The lowest BCUT2D eigenvalue weighted by Gasteiger charge is -2.64. The zero-order valence-corrected chi connectivity index (χ0v) is 33.0. The van der Waals surface area contributed by atoms with Crippen LogP contribution in [0.1, 0.15) is 112 Å². The third-order valence-electron chi connectivity index (χ3n) is 13.0.